The highest BCUT2D eigenvalue weighted by Crippen LogP contribution is 2.19. The van der Waals surface area contributed by atoms with Gasteiger partial charge in [0.1, 0.15) is 6.07 Å². The summed E-state index contributed by atoms with van der Waals surface area (Å²) in [5.74, 6) is -1.49. The molecule has 0 spiro atoms. The fourth-order valence-corrected chi connectivity index (χ4v) is 4.01. The van der Waals surface area contributed by atoms with Gasteiger partial charge in [-0.25, -0.2) is 13.2 Å². The molecule has 168 valence electrons. The van der Waals surface area contributed by atoms with Crippen LogP contribution >= 0.6 is 0 Å². The Labute approximate surface area is 191 Å². The molecule has 0 fully saturated rings. The van der Waals surface area contributed by atoms with Crippen molar-refractivity contribution in [1.29, 1.82) is 5.26 Å². The third kappa shape index (κ3) is 5.96. The molecule has 0 bridgehead atoms. The lowest BCUT2D eigenvalue weighted by molar-refractivity contribution is -0.123. The van der Waals surface area contributed by atoms with Gasteiger partial charge in [-0.15, -0.1) is 0 Å². The van der Waals surface area contributed by atoms with Crippen molar-refractivity contribution in [2.75, 3.05) is 10.0 Å². The van der Waals surface area contributed by atoms with Crippen molar-refractivity contribution >= 4 is 33.3 Å². The van der Waals surface area contributed by atoms with Gasteiger partial charge in [0.15, 0.2) is 6.10 Å². The van der Waals surface area contributed by atoms with E-state index in [1.54, 1.807) is 42.5 Å². The van der Waals surface area contributed by atoms with Crippen molar-refractivity contribution in [3.8, 4) is 6.07 Å². The number of ether oxygens (including phenoxy) is 1. The number of sulfonamides is 1. The Bertz CT molecular complexity index is 1350. The van der Waals surface area contributed by atoms with Crippen molar-refractivity contribution in [3.63, 3.8) is 0 Å². The second kappa shape index (κ2) is 9.97. The van der Waals surface area contributed by atoms with Crippen LogP contribution in [-0.4, -0.2) is 26.4 Å². The molecule has 0 unspecified atom stereocenters. The Hall–Kier alpha value is -4.16. The monoisotopic (exact) mass is 463 g/mol. The number of carbonyl (C=O) groups is 2. The lowest BCUT2D eigenvalue weighted by atomic mass is 10.2. The van der Waals surface area contributed by atoms with E-state index >= 15 is 0 Å². The topological polar surface area (TPSA) is 125 Å². The van der Waals surface area contributed by atoms with Gasteiger partial charge in [-0.3, -0.25) is 9.52 Å². The lowest BCUT2D eigenvalue weighted by Crippen LogP contribution is -2.30. The Kier molecular flexibility index (Phi) is 7.10. The van der Waals surface area contributed by atoms with Crippen LogP contribution < -0.4 is 10.0 Å². The molecule has 1 atom stereocenters. The van der Waals surface area contributed by atoms with Crippen LogP contribution in [0.4, 0.5) is 11.4 Å². The first-order valence-corrected chi connectivity index (χ1v) is 11.4. The number of anilines is 2. The molecule has 2 N–H and O–H groups in total. The minimum absolute atomic E-state index is 0.0285. The molecule has 9 heteroatoms. The number of nitriles is 1. The van der Waals surface area contributed by atoms with E-state index in [0.29, 0.717) is 11.4 Å². The fraction of sp³-hybridized carbons (Fsp3) is 0.125. The van der Waals surface area contributed by atoms with Crippen molar-refractivity contribution in [3.05, 3.63) is 89.5 Å². The molecule has 0 aliphatic carbocycles. The highest BCUT2D eigenvalue weighted by molar-refractivity contribution is 7.92. The molecule has 1 amide bonds. The highest BCUT2D eigenvalue weighted by atomic mass is 32.2. The Morgan fingerprint density at radius 3 is 2.45 bits per heavy atom. The number of carbonyl (C=O) groups excluding carboxylic acids is 2. The maximum atomic E-state index is 12.7. The molecule has 0 saturated heterocycles. The standard InChI is InChI=1S/C24H21N3O5S/c1-16-7-5-10-20(13-16)27-33(30,31)21-11-6-9-18(14-21)24(29)32-17(2)23(28)26-22-12-4-3-8-19(22)15-25/h3-14,17,27H,1-2H3,(H,26,28)/t17-/m0/s1. The number of hydrogen-bond acceptors (Lipinski definition) is 6. The van der Waals surface area contributed by atoms with Crippen LogP contribution in [0.5, 0.6) is 0 Å². The summed E-state index contributed by atoms with van der Waals surface area (Å²) < 4.78 is 33.1. The Morgan fingerprint density at radius 1 is 1.00 bits per heavy atom. The van der Waals surface area contributed by atoms with Crippen molar-refractivity contribution in [2.45, 2.75) is 24.8 Å². The number of nitrogens with one attached hydrogen (secondary N) is 2. The Balaban J connectivity index is 1.71. The molecular formula is C24H21N3O5S. The predicted molar refractivity (Wildman–Crippen MR) is 123 cm³/mol. The molecule has 3 aromatic carbocycles. The van der Waals surface area contributed by atoms with E-state index < -0.39 is 28.0 Å². The van der Waals surface area contributed by atoms with Crippen molar-refractivity contribution in [1.82, 2.24) is 0 Å². The second-order valence-corrected chi connectivity index (χ2v) is 8.88. The Morgan fingerprint density at radius 2 is 1.73 bits per heavy atom. The van der Waals surface area contributed by atoms with Gasteiger partial charge in [0.25, 0.3) is 15.9 Å². The van der Waals surface area contributed by atoms with Crippen LogP contribution in [0.3, 0.4) is 0 Å². The van der Waals surface area contributed by atoms with Gasteiger partial charge in [0, 0.05) is 5.69 Å². The summed E-state index contributed by atoms with van der Waals surface area (Å²) in [5, 5.41) is 11.7. The largest absolute Gasteiger partial charge is 0.449 e. The molecule has 0 saturated carbocycles. The quantitative estimate of drug-likeness (QED) is 0.513. The number of benzene rings is 3. The third-order valence-corrected chi connectivity index (χ3v) is 5.99. The average molecular weight is 464 g/mol. The SMILES string of the molecule is Cc1cccc(NS(=O)(=O)c2cccc(C(=O)O[C@@H](C)C(=O)Nc3ccccc3C#N)c2)c1. The molecular weight excluding hydrogens is 442 g/mol. The number of hydrogen-bond donors (Lipinski definition) is 2. The number of nitrogens with zero attached hydrogens (tertiary/aromatic N) is 1. The van der Waals surface area contributed by atoms with Crippen LogP contribution in [0.2, 0.25) is 0 Å². The summed E-state index contributed by atoms with van der Waals surface area (Å²) in [7, 11) is -3.95. The molecule has 33 heavy (non-hydrogen) atoms. The van der Waals surface area contributed by atoms with Crippen LogP contribution in [0.1, 0.15) is 28.4 Å². The highest BCUT2D eigenvalue weighted by Gasteiger charge is 2.22. The van der Waals surface area contributed by atoms with E-state index in [-0.39, 0.29) is 16.0 Å². The molecule has 0 aliphatic heterocycles. The number of esters is 1. The molecule has 3 rings (SSSR count). The van der Waals surface area contributed by atoms with Crippen molar-refractivity contribution in [2.24, 2.45) is 0 Å². The second-order valence-electron chi connectivity index (χ2n) is 7.20. The van der Waals surface area contributed by atoms with Gasteiger partial charge in [0.2, 0.25) is 0 Å². The van der Waals surface area contributed by atoms with Gasteiger partial charge in [0.05, 0.1) is 21.7 Å². The zero-order valence-corrected chi connectivity index (χ0v) is 18.7. The summed E-state index contributed by atoms with van der Waals surface area (Å²) in [6.45, 7) is 3.22. The molecule has 0 radical (unpaired) electrons. The maximum Gasteiger partial charge on any atom is 0.338 e. The van der Waals surface area contributed by atoms with E-state index in [9.17, 15) is 18.0 Å². The number of para-hydroxylation sites is 1. The summed E-state index contributed by atoms with van der Waals surface area (Å²) in [6, 6.07) is 20.6. The maximum absolute atomic E-state index is 12.7. The zero-order chi connectivity index (χ0) is 24.0. The third-order valence-electron chi connectivity index (χ3n) is 4.61. The molecule has 3 aromatic rings. The minimum Gasteiger partial charge on any atom is -0.449 e. The summed E-state index contributed by atoms with van der Waals surface area (Å²) in [5.41, 5.74) is 1.81. The fourth-order valence-electron chi connectivity index (χ4n) is 2.92. The van der Waals surface area contributed by atoms with Gasteiger partial charge in [-0.05, 0) is 61.9 Å². The van der Waals surface area contributed by atoms with Crippen LogP contribution in [-0.2, 0) is 19.6 Å². The van der Waals surface area contributed by atoms with E-state index in [2.05, 4.69) is 10.0 Å². The molecule has 0 heterocycles. The van der Waals surface area contributed by atoms with Crippen molar-refractivity contribution < 1.29 is 22.7 Å². The normalized spacial score (nSPS) is 11.7. The van der Waals surface area contributed by atoms with E-state index in [1.165, 1.54) is 31.2 Å². The van der Waals surface area contributed by atoms with Gasteiger partial charge in [-0.2, -0.15) is 5.26 Å². The van der Waals surface area contributed by atoms with E-state index in [1.807, 2.05) is 19.1 Å². The van der Waals surface area contributed by atoms with Gasteiger partial charge < -0.3 is 10.1 Å². The summed E-state index contributed by atoms with van der Waals surface area (Å²) >= 11 is 0. The first-order chi connectivity index (χ1) is 15.7. The molecule has 8 nitrogen and oxygen atoms in total. The van der Waals surface area contributed by atoms with Gasteiger partial charge in [-0.1, -0.05) is 30.3 Å². The predicted octanol–water partition coefficient (Wildman–Crippen LogP) is 3.85. The summed E-state index contributed by atoms with van der Waals surface area (Å²) in [4.78, 5) is 24.8. The molecule has 0 aromatic heterocycles. The summed E-state index contributed by atoms with van der Waals surface area (Å²) in [6.07, 6.45) is -1.19. The van der Waals surface area contributed by atoms with E-state index in [4.69, 9.17) is 10.00 Å². The molecule has 0 aliphatic rings. The average Bonchev–Trinajstić information content (AvgIpc) is 2.79. The first-order valence-electron chi connectivity index (χ1n) is 9.90. The smallest absolute Gasteiger partial charge is 0.338 e. The number of aryl methyl sites for hydroxylation is 1. The minimum atomic E-state index is -3.95. The van der Waals surface area contributed by atoms with Crippen LogP contribution in [0, 0.1) is 18.3 Å². The first kappa shape index (κ1) is 23.5. The number of rotatable bonds is 7. The lowest BCUT2D eigenvalue weighted by Gasteiger charge is -2.15. The van der Waals surface area contributed by atoms with Crippen LogP contribution in [0.15, 0.2) is 77.7 Å². The van der Waals surface area contributed by atoms with E-state index in [0.717, 1.165) is 5.56 Å². The number of amides is 1. The van der Waals surface area contributed by atoms with Gasteiger partial charge >= 0.3 is 5.97 Å². The zero-order valence-electron chi connectivity index (χ0n) is 17.9. The van der Waals surface area contributed by atoms with Crippen LogP contribution in [0.25, 0.3) is 0 Å².